The molecule has 3 aliphatic rings. The molecule has 3 heterocycles. The van der Waals surface area contributed by atoms with Crippen LogP contribution in [0.2, 0.25) is 0 Å². The lowest BCUT2D eigenvalue weighted by Gasteiger charge is -2.48. The van der Waals surface area contributed by atoms with E-state index in [1.54, 1.807) is 0 Å². The lowest BCUT2D eigenvalue weighted by Crippen LogP contribution is -2.65. The molecule has 284 valence electrons. The zero-order valence-electron chi connectivity index (χ0n) is 29.7. The third-order valence-corrected chi connectivity index (χ3v) is 8.89. The Morgan fingerprint density at radius 2 is 1.13 bits per heavy atom. The summed E-state index contributed by atoms with van der Waals surface area (Å²) in [5.41, 5.74) is 2.80. The molecule has 0 amide bonds. The van der Waals surface area contributed by atoms with E-state index in [2.05, 4.69) is 0 Å². The summed E-state index contributed by atoms with van der Waals surface area (Å²) in [7, 11) is 1.46. The van der Waals surface area contributed by atoms with Crippen LogP contribution in [-0.4, -0.2) is 99.8 Å². The van der Waals surface area contributed by atoms with E-state index < -0.39 is 79.5 Å². The van der Waals surface area contributed by atoms with E-state index in [4.69, 9.17) is 52.1 Å². The van der Waals surface area contributed by atoms with Gasteiger partial charge in [0.1, 0.15) is 37.1 Å². The molecule has 0 spiro atoms. The maximum atomic E-state index is 12.5. The number of hydrogen-bond acceptors (Lipinski definition) is 14. The third kappa shape index (κ3) is 10.2. The minimum Gasteiger partial charge on any atom is -0.463 e. The highest BCUT2D eigenvalue weighted by atomic mass is 16.8. The van der Waals surface area contributed by atoms with Gasteiger partial charge in [-0.2, -0.15) is 0 Å². The lowest BCUT2D eigenvalue weighted by molar-refractivity contribution is -0.365. The molecule has 14 heteroatoms. The molecular formula is C39H44O14. The van der Waals surface area contributed by atoms with Gasteiger partial charge < -0.3 is 52.1 Å². The summed E-state index contributed by atoms with van der Waals surface area (Å²) in [5, 5.41) is 0. The van der Waals surface area contributed by atoms with Crippen molar-refractivity contribution in [1.29, 1.82) is 0 Å². The fourth-order valence-corrected chi connectivity index (χ4v) is 6.46. The minimum absolute atomic E-state index is 0.122. The molecule has 3 fully saturated rings. The van der Waals surface area contributed by atoms with Crippen molar-refractivity contribution < 1.29 is 66.5 Å². The lowest BCUT2D eigenvalue weighted by atomic mass is 9.96. The molecule has 10 atom stereocenters. The Hall–Kier alpha value is -4.41. The highest BCUT2D eigenvalue weighted by Crippen LogP contribution is 2.37. The zero-order valence-corrected chi connectivity index (χ0v) is 29.7. The Balaban J connectivity index is 1.31. The van der Waals surface area contributed by atoms with Crippen molar-refractivity contribution >= 4 is 18.1 Å². The van der Waals surface area contributed by atoms with Crippen LogP contribution in [0.15, 0.2) is 91.0 Å². The monoisotopic (exact) mass is 736 g/mol. The summed E-state index contributed by atoms with van der Waals surface area (Å²) in [5.74, 6) is -1.26. The molecule has 3 aromatic carbocycles. The van der Waals surface area contributed by atoms with Crippen LogP contribution < -0.4 is 0 Å². The SMILES string of the molecule is CO[C@H]1O[C@H](COCc2ccccc2)[C@@H](OCc2ccccc2)[C@H](OCc2ccccc2)[C@H]1O[C@@H]1O[C@H](COC(C)=O)[C@H](OC(C)=O)[C@@H]2OC(=O)O[C@@H]12. The summed E-state index contributed by atoms with van der Waals surface area (Å²) in [6.07, 6.45) is -11.4. The quantitative estimate of drug-likeness (QED) is 0.152. The zero-order chi connectivity index (χ0) is 37.2. The van der Waals surface area contributed by atoms with Gasteiger partial charge in [0.2, 0.25) is 0 Å². The number of fused-ring (bicyclic) bond motifs is 1. The van der Waals surface area contributed by atoms with Crippen molar-refractivity contribution in [2.75, 3.05) is 20.3 Å². The topological polar surface area (TPSA) is 153 Å². The Bertz CT molecular complexity index is 1610. The Kier molecular flexibility index (Phi) is 13.4. The van der Waals surface area contributed by atoms with Gasteiger partial charge in [-0.25, -0.2) is 4.79 Å². The number of methoxy groups -OCH3 is 1. The molecule has 0 aliphatic carbocycles. The number of benzene rings is 3. The van der Waals surface area contributed by atoms with Crippen LogP contribution in [0.25, 0.3) is 0 Å². The van der Waals surface area contributed by atoms with E-state index in [9.17, 15) is 14.4 Å². The van der Waals surface area contributed by atoms with Gasteiger partial charge >= 0.3 is 18.1 Å². The number of ether oxygens (including phenoxy) is 11. The van der Waals surface area contributed by atoms with Crippen LogP contribution in [0.4, 0.5) is 4.79 Å². The smallest absolute Gasteiger partial charge is 0.463 e. The Morgan fingerprint density at radius 1 is 0.604 bits per heavy atom. The van der Waals surface area contributed by atoms with Gasteiger partial charge in [0.25, 0.3) is 0 Å². The number of hydrogen-bond donors (Lipinski definition) is 0. The fourth-order valence-electron chi connectivity index (χ4n) is 6.46. The average Bonchev–Trinajstić information content (AvgIpc) is 3.57. The van der Waals surface area contributed by atoms with Gasteiger partial charge in [-0.1, -0.05) is 91.0 Å². The van der Waals surface area contributed by atoms with Crippen molar-refractivity contribution in [2.24, 2.45) is 0 Å². The average molecular weight is 737 g/mol. The van der Waals surface area contributed by atoms with Crippen molar-refractivity contribution in [2.45, 2.75) is 95.1 Å². The number of rotatable bonds is 16. The van der Waals surface area contributed by atoms with E-state index in [0.29, 0.717) is 6.61 Å². The summed E-state index contributed by atoms with van der Waals surface area (Å²) in [6.45, 7) is 2.93. The standard InChI is InChI=1S/C39H44O14/c1-24(40)45-23-30-32(48-25(2)41)34-36(53-39(42)52-34)38(50-30)51-35-33(47-21-28-17-11-6-12-18-28)31(46-20-27-15-9-5-10-16-27)29(49-37(35)43-3)22-44-19-26-13-7-4-8-14-26/h4-18,29-38H,19-23H2,1-3H3/t29-,30-,31-,32+,33+,34+,35-,36-,37+,38+/m1/s1. The van der Waals surface area contributed by atoms with Gasteiger partial charge in [-0.3, -0.25) is 9.59 Å². The Labute approximate surface area is 307 Å². The highest BCUT2D eigenvalue weighted by molar-refractivity contribution is 5.67. The van der Waals surface area contributed by atoms with Crippen LogP contribution >= 0.6 is 0 Å². The molecule has 3 aliphatic heterocycles. The minimum atomic E-state index is -1.34. The molecule has 0 radical (unpaired) electrons. The van der Waals surface area contributed by atoms with E-state index in [0.717, 1.165) is 16.7 Å². The van der Waals surface area contributed by atoms with E-state index in [1.807, 2.05) is 91.0 Å². The second kappa shape index (κ2) is 18.6. The van der Waals surface area contributed by atoms with Gasteiger partial charge in [0, 0.05) is 21.0 Å². The molecule has 0 unspecified atom stereocenters. The predicted molar refractivity (Wildman–Crippen MR) is 183 cm³/mol. The summed E-state index contributed by atoms with van der Waals surface area (Å²) < 4.78 is 66.4. The number of esters is 2. The number of carbonyl (C=O) groups is 3. The first-order valence-corrected chi connectivity index (χ1v) is 17.4. The van der Waals surface area contributed by atoms with Crippen LogP contribution in [-0.2, 0) is 81.5 Å². The van der Waals surface area contributed by atoms with Gasteiger partial charge in [0.05, 0.1) is 26.4 Å². The van der Waals surface area contributed by atoms with Crippen LogP contribution in [0, 0.1) is 0 Å². The largest absolute Gasteiger partial charge is 0.509 e. The summed E-state index contributed by atoms with van der Waals surface area (Å²) >= 11 is 0. The molecule has 0 N–H and O–H groups in total. The second-order valence-corrected chi connectivity index (χ2v) is 12.7. The van der Waals surface area contributed by atoms with Gasteiger partial charge in [0.15, 0.2) is 30.9 Å². The van der Waals surface area contributed by atoms with Crippen LogP contribution in [0.1, 0.15) is 30.5 Å². The molecule has 0 aromatic heterocycles. The van der Waals surface area contributed by atoms with E-state index in [-0.39, 0.29) is 26.4 Å². The van der Waals surface area contributed by atoms with Crippen molar-refractivity contribution in [1.82, 2.24) is 0 Å². The molecule has 6 rings (SSSR count). The maximum Gasteiger partial charge on any atom is 0.509 e. The molecule has 3 saturated heterocycles. The summed E-state index contributed by atoms with van der Waals surface area (Å²) in [4.78, 5) is 36.4. The highest BCUT2D eigenvalue weighted by Gasteiger charge is 2.59. The van der Waals surface area contributed by atoms with Gasteiger partial charge in [-0.15, -0.1) is 0 Å². The third-order valence-electron chi connectivity index (χ3n) is 8.89. The first kappa shape index (κ1) is 38.3. The van der Waals surface area contributed by atoms with Crippen molar-refractivity contribution in [3.05, 3.63) is 108 Å². The van der Waals surface area contributed by atoms with E-state index >= 15 is 0 Å². The first-order valence-electron chi connectivity index (χ1n) is 17.4. The fraction of sp³-hybridized carbons (Fsp3) is 0.462. The Morgan fingerprint density at radius 3 is 1.70 bits per heavy atom. The van der Waals surface area contributed by atoms with Crippen molar-refractivity contribution in [3.8, 4) is 0 Å². The molecule has 53 heavy (non-hydrogen) atoms. The molecule has 14 nitrogen and oxygen atoms in total. The predicted octanol–water partition coefficient (Wildman–Crippen LogP) is 4.25. The second-order valence-electron chi connectivity index (χ2n) is 12.7. The normalized spacial score (nSPS) is 29.4. The maximum absolute atomic E-state index is 12.5. The molecule has 0 saturated carbocycles. The first-order chi connectivity index (χ1) is 25.8. The van der Waals surface area contributed by atoms with E-state index in [1.165, 1.54) is 21.0 Å². The molecular weight excluding hydrogens is 692 g/mol. The molecule has 3 aromatic rings. The van der Waals surface area contributed by atoms with Gasteiger partial charge in [-0.05, 0) is 16.7 Å². The van der Waals surface area contributed by atoms with Crippen LogP contribution in [0.3, 0.4) is 0 Å². The number of carbonyl (C=O) groups excluding carboxylic acids is 3. The van der Waals surface area contributed by atoms with Crippen molar-refractivity contribution in [3.63, 3.8) is 0 Å². The molecule has 0 bridgehead atoms. The summed E-state index contributed by atoms with van der Waals surface area (Å²) in [6, 6.07) is 29.0. The van der Waals surface area contributed by atoms with Crippen LogP contribution in [0.5, 0.6) is 0 Å².